The van der Waals surface area contributed by atoms with E-state index >= 15 is 0 Å². The molecule has 1 aromatic rings. The summed E-state index contributed by atoms with van der Waals surface area (Å²) < 4.78 is 12.9. The van der Waals surface area contributed by atoms with Crippen molar-refractivity contribution in [3.63, 3.8) is 0 Å². The lowest BCUT2D eigenvalue weighted by Gasteiger charge is -2.06. The van der Waals surface area contributed by atoms with Crippen molar-refractivity contribution in [3.05, 3.63) is 29.6 Å². The normalized spacial score (nSPS) is 10.0. The van der Waals surface area contributed by atoms with E-state index in [2.05, 4.69) is 11.2 Å². The Morgan fingerprint density at radius 2 is 2.31 bits per heavy atom. The van der Waals surface area contributed by atoms with Crippen molar-refractivity contribution >= 4 is 11.8 Å². The molecule has 0 atom stereocenters. The van der Waals surface area contributed by atoms with Gasteiger partial charge in [-0.3, -0.25) is 0 Å². The summed E-state index contributed by atoms with van der Waals surface area (Å²) in [5.41, 5.74) is 0.571. The molecule has 0 spiro atoms. The average Bonchev–Trinajstić information content (AvgIpc) is 2.28. The summed E-state index contributed by atoms with van der Waals surface area (Å²) >= 11 is 1.66. The van der Waals surface area contributed by atoms with Crippen molar-refractivity contribution in [2.24, 2.45) is 0 Å². The summed E-state index contributed by atoms with van der Waals surface area (Å²) in [6, 6.07) is 3.93. The Morgan fingerprint density at radius 3 is 3.06 bits per heavy atom. The number of phenolic OH excluding ortho intramolecular Hbond substituents is 1. The summed E-state index contributed by atoms with van der Waals surface area (Å²) in [5, 5.41) is 12.5. The first kappa shape index (κ1) is 12.9. The number of halogens is 1. The summed E-state index contributed by atoms with van der Waals surface area (Å²) in [5.74, 6) is 3.92. The Hall–Kier alpha value is -1.18. The number of nitrogens with one attached hydrogen (secondary N) is 1. The first-order valence-corrected chi connectivity index (χ1v) is 6.09. The van der Waals surface area contributed by atoms with E-state index in [9.17, 15) is 9.50 Å². The first-order valence-electron chi connectivity index (χ1n) is 4.93. The molecule has 16 heavy (non-hydrogen) atoms. The third kappa shape index (κ3) is 4.56. The molecule has 0 fully saturated rings. The van der Waals surface area contributed by atoms with Gasteiger partial charge in [0.05, 0.1) is 5.75 Å². The van der Waals surface area contributed by atoms with Gasteiger partial charge in [0.1, 0.15) is 11.6 Å². The van der Waals surface area contributed by atoms with Crippen molar-refractivity contribution in [1.82, 2.24) is 5.32 Å². The number of benzene rings is 1. The van der Waals surface area contributed by atoms with E-state index < -0.39 is 0 Å². The Bertz CT molecular complexity index is 376. The van der Waals surface area contributed by atoms with Gasteiger partial charge in [-0.15, -0.1) is 18.2 Å². The molecule has 0 bridgehead atoms. The maximum absolute atomic E-state index is 12.9. The fourth-order valence-electron chi connectivity index (χ4n) is 1.19. The van der Waals surface area contributed by atoms with Crippen LogP contribution in [0.3, 0.4) is 0 Å². The van der Waals surface area contributed by atoms with Gasteiger partial charge in [-0.1, -0.05) is 5.92 Å². The molecule has 86 valence electrons. The van der Waals surface area contributed by atoms with Crippen molar-refractivity contribution in [1.29, 1.82) is 0 Å². The fraction of sp³-hybridized carbons (Fsp3) is 0.333. The van der Waals surface area contributed by atoms with Gasteiger partial charge >= 0.3 is 0 Å². The number of phenols is 1. The minimum Gasteiger partial charge on any atom is -0.508 e. The quantitative estimate of drug-likeness (QED) is 0.588. The van der Waals surface area contributed by atoms with Crippen molar-refractivity contribution < 1.29 is 9.50 Å². The molecule has 1 aromatic carbocycles. The molecule has 0 heterocycles. The van der Waals surface area contributed by atoms with Crippen LogP contribution >= 0.6 is 11.8 Å². The van der Waals surface area contributed by atoms with Crippen LogP contribution in [0.2, 0.25) is 0 Å². The highest BCUT2D eigenvalue weighted by atomic mass is 32.2. The largest absolute Gasteiger partial charge is 0.508 e. The molecule has 1 rings (SSSR count). The lowest BCUT2D eigenvalue weighted by atomic mass is 10.2. The fourth-order valence-corrected chi connectivity index (χ4v) is 1.75. The minimum absolute atomic E-state index is 0.116. The SMILES string of the molecule is C#CCSCCNCc1cc(F)ccc1O. The molecule has 0 saturated carbocycles. The van der Waals surface area contributed by atoms with E-state index in [1.807, 2.05) is 0 Å². The second-order valence-electron chi connectivity index (χ2n) is 3.21. The van der Waals surface area contributed by atoms with Gasteiger partial charge in [0, 0.05) is 24.4 Å². The maximum atomic E-state index is 12.9. The van der Waals surface area contributed by atoms with Crippen molar-refractivity contribution in [3.8, 4) is 18.1 Å². The average molecular weight is 239 g/mol. The number of thioether (sulfide) groups is 1. The standard InChI is InChI=1S/C12H14FNOS/c1-2-6-16-7-5-14-9-10-8-11(13)3-4-12(10)15/h1,3-4,8,14-15H,5-7,9H2. The van der Waals surface area contributed by atoms with E-state index in [1.54, 1.807) is 11.8 Å². The third-order valence-corrected chi connectivity index (χ3v) is 2.83. The predicted molar refractivity (Wildman–Crippen MR) is 65.9 cm³/mol. The third-order valence-electron chi connectivity index (χ3n) is 1.97. The maximum Gasteiger partial charge on any atom is 0.123 e. The van der Waals surface area contributed by atoms with E-state index in [-0.39, 0.29) is 11.6 Å². The van der Waals surface area contributed by atoms with Crippen LogP contribution in [0.1, 0.15) is 5.56 Å². The van der Waals surface area contributed by atoms with Crippen LogP contribution in [0.15, 0.2) is 18.2 Å². The molecule has 2 nitrogen and oxygen atoms in total. The summed E-state index contributed by atoms with van der Waals surface area (Å²) in [4.78, 5) is 0. The summed E-state index contributed by atoms with van der Waals surface area (Å²) in [7, 11) is 0. The number of terminal acetylenes is 1. The van der Waals surface area contributed by atoms with Gasteiger partial charge in [-0.2, -0.15) is 0 Å². The highest BCUT2D eigenvalue weighted by Gasteiger charge is 2.01. The van der Waals surface area contributed by atoms with Crippen LogP contribution in [0, 0.1) is 18.2 Å². The van der Waals surface area contributed by atoms with E-state index in [0.717, 1.165) is 12.3 Å². The Kier molecular flexibility index (Phi) is 5.76. The number of hydrogen-bond acceptors (Lipinski definition) is 3. The Labute approximate surface area is 99.3 Å². The zero-order chi connectivity index (χ0) is 11.8. The van der Waals surface area contributed by atoms with Gasteiger partial charge in [0.25, 0.3) is 0 Å². The molecule has 0 amide bonds. The highest BCUT2D eigenvalue weighted by molar-refractivity contribution is 7.99. The monoisotopic (exact) mass is 239 g/mol. The molecular weight excluding hydrogens is 225 g/mol. The second-order valence-corrected chi connectivity index (χ2v) is 4.31. The predicted octanol–water partition coefficient (Wildman–Crippen LogP) is 1.99. The van der Waals surface area contributed by atoms with Gasteiger partial charge in [0.15, 0.2) is 0 Å². The van der Waals surface area contributed by atoms with Crippen LogP contribution in [0.25, 0.3) is 0 Å². The first-order chi connectivity index (χ1) is 7.74. The van der Waals surface area contributed by atoms with Crippen molar-refractivity contribution in [2.45, 2.75) is 6.54 Å². The summed E-state index contributed by atoms with van der Waals surface area (Å²) in [6.07, 6.45) is 5.10. The zero-order valence-electron chi connectivity index (χ0n) is 8.87. The molecule has 0 aliphatic carbocycles. The molecule has 0 radical (unpaired) electrons. The number of aromatic hydroxyl groups is 1. The molecule has 0 aliphatic rings. The number of rotatable bonds is 6. The molecule has 2 N–H and O–H groups in total. The van der Waals surface area contributed by atoms with Gasteiger partial charge in [0.2, 0.25) is 0 Å². The molecule has 0 aromatic heterocycles. The van der Waals surface area contributed by atoms with Crippen LogP contribution in [0.4, 0.5) is 4.39 Å². The van der Waals surface area contributed by atoms with Gasteiger partial charge < -0.3 is 10.4 Å². The number of hydrogen-bond donors (Lipinski definition) is 2. The molecular formula is C12H14FNOS. The van der Waals surface area contributed by atoms with Crippen LogP contribution in [-0.2, 0) is 6.54 Å². The Morgan fingerprint density at radius 1 is 1.50 bits per heavy atom. The zero-order valence-corrected chi connectivity index (χ0v) is 9.69. The minimum atomic E-state index is -0.337. The van der Waals surface area contributed by atoms with Gasteiger partial charge in [-0.25, -0.2) is 4.39 Å². The molecule has 0 aliphatic heterocycles. The van der Waals surface area contributed by atoms with Crippen LogP contribution in [0.5, 0.6) is 5.75 Å². The van der Waals surface area contributed by atoms with Crippen molar-refractivity contribution in [2.75, 3.05) is 18.1 Å². The topological polar surface area (TPSA) is 32.3 Å². The van der Waals surface area contributed by atoms with E-state index in [0.29, 0.717) is 17.9 Å². The molecule has 0 saturated heterocycles. The highest BCUT2D eigenvalue weighted by Crippen LogP contribution is 2.17. The van der Waals surface area contributed by atoms with E-state index in [4.69, 9.17) is 6.42 Å². The molecule has 4 heteroatoms. The van der Waals surface area contributed by atoms with Gasteiger partial charge in [-0.05, 0) is 18.2 Å². The Balaban J connectivity index is 2.27. The smallest absolute Gasteiger partial charge is 0.123 e. The lowest BCUT2D eigenvalue weighted by molar-refractivity contribution is 0.462. The van der Waals surface area contributed by atoms with Crippen LogP contribution < -0.4 is 5.32 Å². The van der Waals surface area contributed by atoms with E-state index in [1.165, 1.54) is 18.2 Å². The molecule has 0 unspecified atom stereocenters. The van der Waals surface area contributed by atoms with Crippen LogP contribution in [-0.4, -0.2) is 23.2 Å². The second kappa shape index (κ2) is 7.15. The lowest BCUT2D eigenvalue weighted by Crippen LogP contribution is -2.16. The summed E-state index contributed by atoms with van der Waals surface area (Å²) in [6.45, 7) is 1.24.